The maximum absolute atomic E-state index is 13.2. The number of amides is 1. The number of fused-ring (bicyclic) bond motifs is 1. The minimum atomic E-state index is -3.72. The molecule has 0 spiro atoms. The Kier molecular flexibility index (Phi) is 6.46. The van der Waals surface area contributed by atoms with Gasteiger partial charge in [0.25, 0.3) is 0 Å². The van der Waals surface area contributed by atoms with Crippen LogP contribution in [-0.4, -0.2) is 50.5 Å². The van der Waals surface area contributed by atoms with Gasteiger partial charge in [-0.05, 0) is 43.2 Å². The highest BCUT2D eigenvalue weighted by Crippen LogP contribution is 2.31. The molecule has 4 rings (SSSR count). The molecule has 1 aliphatic heterocycles. The van der Waals surface area contributed by atoms with E-state index in [2.05, 4.69) is 5.32 Å². The summed E-state index contributed by atoms with van der Waals surface area (Å²) < 4.78 is 40.4. The molecule has 11 heteroatoms. The maximum Gasteiger partial charge on any atom is 0.307 e. The van der Waals surface area contributed by atoms with Crippen molar-refractivity contribution in [2.45, 2.75) is 17.7 Å². The maximum atomic E-state index is 13.2. The van der Waals surface area contributed by atoms with Gasteiger partial charge in [-0.25, -0.2) is 8.42 Å². The highest BCUT2D eigenvalue weighted by atomic mass is 32.2. The van der Waals surface area contributed by atoms with Gasteiger partial charge in [0.05, 0.1) is 35.0 Å². The molecular weight excluding hydrogens is 466 g/mol. The molecule has 1 fully saturated rings. The third-order valence-electron chi connectivity index (χ3n) is 5.89. The van der Waals surface area contributed by atoms with Crippen molar-refractivity contribution in [2.75, 3.05) is 32.6 Å². The normalized spacial score (nSPS) is 15.5. The Labute approximate surface area is 195 Å². The van der Waals surface area contributed by atoms with Crippen LogP contribution in [0.1, 0.15) is 12.8 Å². The molecule has 9 nitrogen and oxygen atoms in total. The summed E-state index contributed by atoms with van der Waals surface area (Å²) in [7, 11) is 0.996. The van der Waals surface area contributed by atoms with Crippen LogP contribution in [0.15, 0.2) is 46.1 Å². The zero-order valence-corrected chi connectivity index (χ0v) is 20.2. The van der Waals surface area contributed by atoms with E-state index < -0.39 is 10.0 Å². The number of anilines is 1. The lowest BCUT2D eigenvalue weighted by Crippen LogP contribution is -2.41. The van der Waals surface area contributed by atoms with Crippen LogP contribution in [0.2, 0.25) is 0 Å². The number of nitrogens with one attached hydrogen (secondary N) is 1. The Morgan fingerprint density at radius 2 is 1.82 bits per heavy atom. The zero-order chi connectivity index (χ0) is 23.8. The molecule has 2 heterocycles. The molecule has 1 amide bonds. The number of nitrogens with zero attached hydrogens (tertiary/aromatic N) is 2. The number of thiazole rings is 1. The number of aromatic nitrogens is 1. The summed E-state index contributed by atoms with van der Waals surface area (Å²) >= 11 is 1.02. The summed E-state index contributed by atoms with van der Waals surface area (Å²) in [5.41, 5.74) is 1.21. The van der Waals surface area contributed by atoms with E-state index in [9.17, 15) is 18.0 Å². The van der Waals surface area contributed by atoms with Crippen molar-refractivity contribution >= 4 is 43.2 Å². The smallest absolute Gasteiger partial charge is 0.307 e. The Balaban J connectivity index is 1.45. The largest absolute Gasteiger partial charge is 0.497 e. The third kappa shape index (κ3) is 4.48. The van der Waals surface area contributed by atoms with E-state index in [1.54, 1.807) is 44.5 Å². The molecule has 1 aromatic heterocycles. The first-order valence-electron chi connectivity index (χ1n) is 10.4. The third-order valence-corrected chi connectivity index (χ3v) is 8.78. The summed E-state index contributed by atoms with van der Waals surface area (Å²) in [4.78, 5) is 24.7. The second-order valence-electron chi connectivity index (χ2n) is 7.79. The summed E-state index contributed by atoms with van der Waals surface area (Å²) in [6, 6.07) is 9.86. The van der Waals surface area contributed by atoms with Crippen molar-refractivity contribution in [1.29, 1.82) is 0 Å². The first-order valence-corrected chi connectivity index (χ1v) is 12.6. The SMILES string of the molecule is COc1ccc(OC)c(NC(=O)C2CCN(S(=O)(=O)c3ccc4c(c3)sc(=O)n4C)CC2)c1. The van der Waals surface area contributed by atoms with Gasteiger partial charge in [0.1, 0.15) is 11.5 Å². The lowest BCUT2D eigenvalue weighted by Gasteiger charge is -2.30. The fraction of sp³-hybridized carbons (Fsp3) is 0.364. The second-order valence-corrected chi connectivity index (χ2v) is 10.7. The van der Waals surface area contributed by atoms with Gasteiger partial charge in [0.15, 0.2) is 0 Å². The predicted molar refractivity (Wildman–Crippen MR) is 127 cm³/mol. The van der Waals surface area contributed by atoms with Crippen LogP contribution in [0.25, 0.3) is 10.2 Å². The fourth-order valence-electron chi connectivity index (χ4n) is 3.93. The molecule has 176 valence electrons. The quantitative estimate of drug-likeness (QED) is 0.568. The van der Waals surface area contributed by atoms with Gasteiger partial charge < -0.3 is 19.4 Å². The van der Waals surface area contributed by atoms with E-state index in [0.717, 1.165) is 11.3 Å². The van der Waals surface area contributed by atoms with Crippen molar-refractivity contribution in [3.63, 3.8) is 0 Å². The number of hydrogen-bond acceptors (Lipinski definition) is 7. The minimum absolute atomic E-state index is 0.140. The molecule has 1 N–H and O–H groups in total. The van der Waals surface area contributed by atoms with Crippen molar-refractivity contribution in [1.82, 2.24) is 8.87 Å². The van der Waals surface area contributed by atoms with E-state index in [1.807, 2.05) is 0 Å². The topological polar surface area (TPSA) is 107 Å². The lowest BCUT2D eigenvalue weighted by atomic mass is 9.97. The van der Waals surface area contributed by atoms with Crippen LogP contribution in [0.3, 0.4) is 0 Å². The summed E-state index contributed by atoms with van der Waals surface area (Å²) in [5, 5.41) is 2.88. The Morgan fingerprint density at radius 3 is 2.48 bits per heavy atom. The van der Waals surface area contributed by atoms with Gasteiger partial charge in [-0.1, -0.05) is 11.3 Å². The van der Waals surface area contributed by atoms with E-state index in [1.165, 1.54) is 22.0 Å². The van der Waals surface area contributed by atoms with E-state index in [-0.39, 0.29) is 34.7 Å². The molecule has 0 aliphatic carbocycles. The van der Waals surface area contributed by atoms with Crippen molar-refractivity contribution in [3.05, 3.63) is 46.1 Å². The molecule has 1 aliphatic rings. The molecule has 0 radical (unpaired) electrons. The number of aryl methyl sites for hydroxylation is 1. The van der Waals surface area contributed by atoms with E-state index in [4.69, 9.17) is 9.47 Å². The van der Waals surface area contributed by atoms with Crippen molar-refractivity contribution in [3.8, 4) is 11.5 Å². The van der Waals surface area contributed by atoms with Crippen molar-refractivity contribution < 1.29 is 22.7 Å². The Bertz CT molecular complexity index is 1350. The summed E-state index contributed by atoms with van der Waals surface area (Å²) in [6.07, 6.45) is 0.802. The van der Waals surface area contributed by atoms with Crippen LogP contribution in [0.4, 0.5) is 5.69 Å². The lowest BCUT2D eigenvalue weighted by molar-refractivity contribution is -0.120. The van der Waals surface area contributed by atoms with Crippen LogP contribution in [-0.2, 0) is 21.9 Å². The van der Waals surface area contributed by atoms with Gasteiger partial charge in [-0.2, -0.15) is 4.31 Å². The zero-order valence-electron chi connectivity index (χ0n) is 18.5. The molecule has 0 atom stereocenters. The number of rotatable bonds is 6. The molecule has 1 saturated heterocycles. The average Bonchev–Trinajstić information content (AvgIpc) is 3.11. The first kappa shape index (κ1) is 23.3. The van der Waals surface area contributed by atoms with Gasteiger partial charge >= 0.3 is 4.87 Å². The first-order chi connectivity index (χ1) is 15.7. The van der Waals surface area contributed by atoms with Gasteiger partial charge in [-0.3, -0.25) is 9.59 Å². The molecular formula is C22H25N3O6S2. The van der Waals surface area contributed by atoms with Crippen LogP contribution in [0.5, 0.6) is 11.5 Å². The molecule has 0 bridgehead atoms. The fourth-order valence-corrected chi connectivity index (χ4v) is 6.42. The van der Waals surface area contributed by atoms with Crippen LogP contribution >= 0.6 is 11.3 Å². The number of benzene rings is 2. The standard InChI is InChI=1S/C22H25N3O6S2/c1-24-18-6-5-16(13-20(18)32-22(24)27)33(28,29)25-10-8-14(9-11-25)21(26)23-17-12-15(30-2)4-7-19(17)31-3/h4-7,12-14H,8-11H2,1-3H3,(H,23,26). The Hall–Kier alpha value is -2.89. The number of carbonyl (C=O) groups is 1. The Morgan fingerprint density at radius 1 is 1.09 bits per heavy atom. The number of sulfonamides is 1. The molecule has 33 heavy (non-hydrogen) atoms. The molecule has 0 unspecified atom stereocenters. The minimum Gasteiger partial charge on any atom is -0.497 e. The van der Waals surface area contributed by atoms with Gasteiger partial charge in [0, 0.05) is 32.1 Å². The highest BCUT2D eigenvalue weighted by Gasteiger charge is 2.32. The van der Waals surface area contributed by atoms with Gasteiger partial charge in [-0.15, -0.1) is 0 Å². The van der Waals surface area contributed by atoms with Crippen LogP contribution in [0, 0.1) is 5.92 Å². The van der Waals surface area contributed by atoms with E-state index >= 15 is 0 Å². The predicted octanol–water partition coefficient (Wildman–Crippen LogP) is 2.66. The monoisotopic (exact) mass is 491 g/mol. The molecule has 0 saturated carbocycles. The van der Waals surface area contributed by atoms with Crippen LogP contribution < -0.4 is 19.7 Å². The van der Waals surface area contributed by atoms with Crippen molar-refractivity contribution in [2.24, 2.45) is 13.0 Å². The number of piperidine rings is 1. The second kappa shape index (κ2) is 9.16. The number of hydrogen-bond donors (Lipinski definition) is 1. The van der Waals surface area contributed by atoms with Gasteiger partial charge in [0.2, 0.25) is 15.9 Å². The highest BCUT2D eigenvalue weighted by molar-refractivity contribution is 7.89. The number of carbonyl (C=O) groups excluding carboxylic acids is 1. The number of methoxy groups -OCH3 is 2. The molecule has 2 aromatic carbocycles. The number of ether oxygens (including phenoxy) is 2. The summed E-state index contributed by atoms with van der Waals surface area (Å²) in [6.45, 7) is 0.470. The average molecular weight is 492 g/mol. The molecule has 3 aromatic rings. The van der Waals surface area contributed by atoms with E-state index in [0.29, 0.717) is 40.2 Å². The summed E-state index contributed by atoms with van der Waals surface area (Å²) in [5.74, 6) is 0.596.